The second-order valence-corrected chi connectivity index (χ2v) is 9.54. The average molecular weight is 538 g/mol. The minimum absolute atomic E-state index is 0. The van der Waals surface area contributed by atoms with E-state index in [-0.39, 0.29) is 24.0 Å². The molecule has 2 N–H and O–H groups in total. The van der Waals surface area contributed by atoms with Gasteiger partial charge in [-0.25, -0.2) is 17.7 Å². The Bertz CT molecular complexity index is 730. The van der Waals surface area contributed by atoms with E-state index in [0.717, 1.165) is 44.0 Å². The van der Waals surface area contributed by atoms with Crippen molar-refractivity contribution in [2.75, 3.05) is 40.3 Å². The summed E-state index contributed by atoms with van der Waals surface area (Å²) in [6.07, 6.45) is 3.46. The van der Waals surface area contributed by atoms with Crippen molar-refractivity contribution in [1.82, 2.24) is 19.8 Å². The number of nitrogens with one attached hydrogen (secondary N) is 2. The van der Waals surface area contributed by atoms with Crippen LogP contribution in [0, 0.1) is 0 Å². The third-order valence-electron chi connectivity index (χ3n) is 4.93. The van der Waals surface area contributed by atoms with E-state index < -0.39 is 10.0 Å². The number of sulfonamides is 1. The number of rotatable bonds is 8. The molecule has 1 aromatic carbocycles. The fourth-order valence-electron chi connectivity index (χ4n) is 3.28. The van der Waals surface area contributed by atoms with Crippen molar-refractivity contribution < 1.29 is 8.42 Å². The standard InChI is InChI=1S/C20H35N5O2S.HI/c1-5-13-25-14-11-18(12-15-25)23-20(21-6-2)22-16-17-7-9-19(10-8-17)28(26,27)24(3)4;/h7-10,18H,5-6,11-16H2,1-4H3,(H2,21,22,23);1H. The smallest absolute Gasteiger partial charge is 0.242 e. The molecular formula is C20H36IN5O2S. The first kappa shape index (κ1) is 26.1. The molecule has 1 aliphatic heterocycles. The van der Waals surface area contributed by atoms with Crippen LogP contribution in [0.1, 0.15) is 38.7 Å². The molecule has 166 valence electrons. The lowest BCUT2D eigenvalue weighted by Crippen LogP contribution is -2.48. The normalized spacial score (nSPS) is 16.5. The van der Waals surface area contributed by atoms with E-state index in [2.05, 4.69) is 34.4 Å². The summed E-state index contributed by atoms with van der Waals surface area (Å²) in [5.74, 6) is 0.821. The summed E-state index contributed by atoms with van der Waals surface area (Å²) in [4.78, 5) is 7.50. The second kappa shape index (κ2) is 12.7. The first-order valence-electron chi connectivity index (χ1n) is 10.2. The fourth-order valence-corrected chi connectivity index (χ4v) is 4.18. The molecular weight excluding hydrogens is 501 g/mol. The first-order valence-corrected chi connectivity index (χ1v) is 11.6. The molecule has 1 aliphatic rings. The van der Waals surface area contributed by atoms with E-state index in [1.165, 1.54) is 31.4 Å². The Hall–Kier alpha value is -0.910. The number of hydrogen-bond donors (Lipinski definition) is 2. The van der Waals surface area contributed by atoms with Crippen LogP contribution < -0.4 is 10.6 Å². The fraction of sp³-hybridized carbons (Fsp3) is 0.650. The maximum atomic E-state index is 12.2. The molecule has 1 heterocycles. The largest absolute Gasteiger partial charge is 0.357 e. The number of guanidine groups is 1. The van der Waals surface area contributed by atoms with Crippen LogP contribution in [-0.4, -0.2) is 69.9 Å². The van der Waals surface area contributed by atoms with Crippen LogP contribution in [0.2, 0.25) is 0 Å². The Labute approximate surface area is 193 Å². The van der Waals surface area contributed by atoms with Crippen LogP contribution in [0.25, 0.3) is 0 Å². The Morgan fingerprint density at radius 3 is 2.31 bits per heavy atom. The van der Waals surface area contributed by atoms with Crippen molar-refractivity contribution in [2.24, 2.45) is 4.99 Å². The van der Waals surface area contributed by atoms with Gasteiger partial charge in [0.15, 0.2) is 5.96 Å². The molecule has 0 aromatic heterocycles. The van der Waals surface area contributed by atoms with Crippen molar-refractivity contribution in [1.29, 1.82) is 0 Å². The van der Waals surface area contributed by atoms with Crippen LogP contribution in [-0.2, 0) is 16.6 Å². The van der Waals surface area contributed by atoms with E-state index in [1.807, 2.05) is 12.1 Å². The van der Waals surface area contributed by atoms with E-state index >= 15 is 0 Å². The molecule has 0 amide bonds. The monoisotopic (exact) mass is 537 g/mol. The molecule has 1 saturated heterocycles. The molecule has 0 atom stereocenters. The van der Waals surface area contributed by atoms with Gasteiger partial charge in [-0.2, -0.15) is 0 Å². The molecule has 1 fully saturated rings. The molecule has 0 aliphatic carbocycles. The van der Waals surface area contributed by atoms with Crippen molar-refractivity contribution in [3.05, 3.63) is 29.8 Å². The van der Waals surface area contributed by atoms with Crippen molar-refractivity contribution in [3.8, 4) is 0 Å². The van der Waals surface area contributed by atoms with Gasteiger partial charge >= 0.3 is 0 Å². The molecule has 0 bridgehead atoms. The van der Waals surface area contributed by atoms with Gasteiger partial charge in [-0.1, -0.05) is 19.1 Å². The third kappa shape index (κ3) is 8.03. The highest BCUT2D eigenvalue weighted by Gasteiger charge is 2.19. The van der Waals surface area contributed by atoms with Crippen molar-refractivity contribution >= 4 is 40.0 Å². The summed E-state index contributed by atoms with van der Waals surface area (Å²) in [5.41, 5.74) is 0.979. The average Bonchev–Trinajstić information content (AvgIpc) is 2.68. The van der Waals surface area contributed by atoms with Gasteiger partial charge in [0.1, 0.15) is 0 Å². The van der Waals surface area contributed by atoms with Crippen LogP contribution >= 0.6 is 24.0 Å². The maximum Gasteiger partial charge on any atom is 0.242 e. The van der Waals surface area contributed by atoms with E-state index in [9.17, 15) is 8.42 Å². The van der Waals surface area contributed by atoms with Crippen LogP contribution in [0.15, 0.2) is 34.2 Å². The number of likely N-dealkylation sites (tertiary alicyclic amines) is 1. The van der Waals surface area contributed by atoms with Gasteiger partial charge in [0.05, 0.1) is 11.4 Å². The SMILES string of the molecule is CCCN1CCC(NC(=NCc2ccc(S(=O)(=O)N(C)C)cc2)NCC)CC1.I. The highest BCUT2D eigenvalue weighted by Crippen LogP contribution is 2.15. The minimum atomic E-state index is -3.39. The quantitative estimate of drug-likeness (QED) is 0.303. The number of nitrogens with zero attached hydrogens (tertiary/aromatic N) is 3. The summed E-state index contributed by atoms with van der Waals surface area (Å²) in [6, 6.07) is 7.38. The number of halogens is 1. The first-order chi connectivity index (χ1) is 13.4. The van der Waals surface area contributed by atoms with Crippen LogP contribution in [0.4, 0.5) is 0 Å². The molecule has 0 saturated carbocycles. The van der Waals surface area contributed by atoms with E-state index in [0.29, 0.717) is 17.5 Å². The summed E-state index contributed by atoms with van der Waals surface area (Å²) < 4.78 is 25.5. The Kier molecular flexibility index (Phi) is 11.4. The Morgan fingerprint density at radius 1 is 1.17 bits per heavy atom. The highest BCUT2D eigenvalue weighted by atomic mass is 127. The topological polar surface area (TPSA) is 77.0 Å². The summed E-state index contributed by atoms with van der Waals surface area (Å²) in [7, 11) is -0.320. The second-order valence-electron chi connectivity index (χ2n) is 7.39. The highest BCUT2D eigenvalue weighted by molar-refractivity contribution is 14.0. The Balaban J connectivity index is 0.00000420. The van der Waals surface area contributed by atoms with Crippen molar-refractivity contribution in [3.63, 3.8) is 0 Å². The number of piperidine rings is 1. The minimum Gasteiger partial charge on any atom is -0.357 e. The predicted octanol–water partition coefficient (Wildman–Crippen LogP) is 2.48. The molecule has 0 unspecified atom stereocenters. The molecule has 1 aromatic rings. The Morgan fingerprint density at radius 2 is 1.79 bits per heavy atom. The maximum absolute atomic E-state index is 12.2. The predicted molar refractivity (Wildman–Crippen MR) is 130 cm³/mol. The number of aliphatic imine (C=N–C) groups is 1. The van der Waals surface area contributed by atoms with Gasteiger partial charge in [-0.3, -0.25) is 0 Å². The molecule has 9 heteroatoms. The lowest BCUT2D eigenvalue weighted by Gasteiger charge is -2.32. The molecule has 29 heavy (non-hydrogen) atoms. The van der Waals surface area contributed by atoms with Gasteiger partial charge < -0.3 is 15.5 Å². The van der Waals surface area contributed by atoms with E-state index in [4.69, 9.17) is 0 Å². The van der Waals surface area contributed by atoms with Gasteiger partial charge in [-0.15, -0.1) is 24.0 Å². The molecule has 2 rings (SSSR count). The lowest BCUT2D eigenvalue weighted by atomic mass is 10.1. The van der Waals surface area contributed by atoms with Gasteiger partial charge in [-0.05, 0) is 50.4 Å². The number of benzene rings is 1. The summed E-state index contributed by atoms with van der Waals surface area (Å²) in [6.45, 7) is 9.04. The molecule has 0 spiro atoms. The van der Waals surface area contributed by atoms with Gasteiger partial charge in [0, 0.05) is 39.8 Å². The zero-order valence-corrected chi connectivity index (χ0v) is 21.2. The van der Waals surface area contributed by atoms with E-state index in [1.54, 1.807) is 12.1 Å². The van der Waals surface area contributed by atoms with Gasteiger partial charge in [0.25, 0.3) is 0 Å². The molecule has 0 radical (unpaired) electrons. The zero-order chi connectivity index (χ0) is 20.6. The molecule has 7 nitrogen and oxygen atoms in total. The van der Waals surface area contributed by atoms with Crippen molar-refractivity contribution in [2.45, 2.75) is 50.6 Å². The summed E-state index contributed by atoms with van der Waals surface area (Å²) >= 11 is 0. The van der Waals surface area contributed by atoms with Crippen LogP contribution in [0.5, 0.6) is 0 Å². The summed E-state index contributed by atoms with van der Waals surface area (Å²) in [5, 5.41) is 6.86. The number of hydrogen-bond acceptors (Lipinski definition) is 4. The van der Waals surface area contributed by atoms with Crippen LogP contribution in [0.3, 0.4) is 0 Å². The third-order valence-corrected chi connectivity index (χ3v) is 6.76. The lowest BCUT2D eigenvalue weighted by molar-refractivity contribution is 0.206. The van der Waals surface area contributed by atoms with Gasteiger partial charge in [0.2, 0.25) is 10.0 Å². The zero-order valence-electron chi connectivity index (χ0n) is 18.0.